The molecule has 1 fully saturated rings. The third kappa shape index (κ3) is 2.81. The molecule has 3 rings (SSSR count). The summed E-state index contributed by atoms with van der Waals surface area (Å²) >= 11 is 6.10. The van der Waals surface area contributed by atoms with Crippen molar-refractivity contribution in [1.82, 2.24) is 24.2 Å². The van der Waals surface area contributed by atoms with Crippen molar-refractivity contribution in [2.75, 3.05) is 19.6 Å². The van der Waals surface area contributed by atoms with Crippen LogP contribution in [0.5, 0.6) is 0 Å². The number of nitrogens with zero attached hydrogens (tertiary/aromatic N) is 5. The number of alkyl halides is 1. The van der Waals surface area contributed by atoms with Gasteiger partial charge in [0.25, 0.3) is 0 Å². The van der Waals surface area contributed by atoms with E-state index in [1.165, 1.54) is 25.9 Å². The lowest BCUT2D eigenvalue weighted by Crippen LogP contribution is -2.28. The molecular weight excluding hydrogens is 286 g/mol. The van der Waals surface area contributed by atoms with Gasteiger partial charge in [0.05, 0.1) is 11.6 Å². The van der Waals surface area contributed by atoms with E-state index in [0.717, 1.165) is 35.8 Å². The monoisotopic (exact) mass is 309 g/mol. The van der Waals surface area contributed by atoms with E-state index in [1.807, 2.05) is 18.7 Å². The van der Waals surface area contributed by atoms with E-state index in [9.17, 15) is 0 Å². The van der Waals surface area contributed by atoms with Crippen LogP contribution in [0.4, 0.5) is 0 Å². The minimum absolute atomic E-state index is 0.449. The summed E-state index contributed by atoms with van der Waals surface area (Å²) in [5, 5.41) is 4.48. The molecular formula is C15H24ClN5. The van der Waals surface area contributed by atoms with Gasteiger partial charge in [0.15, 0.2) is 5.65 Å². The molecule has 0 radical (unpaired) electrons. The predicted octanol–water partition coefficient (Wildman–Crippen LogP) is 2.55. The van der Waals surface area contributed by atoms with Crippen LogP contribution in [0.2, 0.25) is 0 Å². The number of imidazole rings is 1. The summed E-state index contributed by atoms with van der Waals surface area (Å²) in [6.07, 6.45) is 2.69. The number of hydrogen-bond acceptors (Lipinski definition) is 3. The molecule has 6 heteroatoms. The molecule has 0 saturated carbocycles. The molecule has 1 aliphatic rings. The van der Waals surface area contributed by atoms with E-state index < -0.39 is 0 Å². The van der Waals surface area contributed by atoms with Gasteiger partial charge in [0.2, 0.25) is 0 Å². The molecule has 1 unspecified atom stereocenters. The van der Waals surface area contributed by atoms with Gasteiger partial charge in [0, 0.05) is 20.1 Å². The first kappa shape index (κ1) is 14.9. The molecule has 2 aromatic rings. The summed E-state index contributed by atoms with van der Waals surface area (Å²) in [7, 11) is 1.98. The largest absolute Gasteiger partial charge is 0.312 e. The number of fused-ring (bicyclic) bond motifs is 1. The van der Waals surface area contributed by atoms with Crippen molar-refractivity contribution >= 4 is 22.8 Å². The van der Waals surface area contributed by atoms with Crippen molar-refractivity contribution < 1.29 is 0 Å². The maximum Gasteiger partial charge on any atom is 0.158 e. The fourth-order valence-electron chi connectivity index (χ4n) is 3.45. The molecule has 1 aliphatic heterocycles. The van der Waals surface area contributed by atoms with Gasteiger partial charge in [-0.15, -0.1) is 11.6 Å². The average Bonchev–Trinajstić information content (AvgIpc) is 3.11. The van der Waals surface area contributed by atoms with Crippen LogP contribution in [0.25, 0.3) is 11.2 Å². The fraction of sp³-hybridized carbons (Fsp3) is 0.733. The minimum atomic E-state index is 0.449. The summed E-state index contributed by atoms with van der Waals surface area (Å²) in [6, 6.07) is 0. The molecule has 1 atom stereocenters. The van der Waals surface area contributed by atoms with Gasteiger partial charge in [-0.3, -0.25) is 4.68 Å². The first-order valence-electron chi connectivity index (χ1n) is 7.77. The Hall–Kier alpha value is -1.07. The van der Waals surface area contributed by atoms with Gasteiger partial charge in [-0.2, -0.15) is 5.10 Å². The lowest BCUT2D eigenvalue weighted by Gasteiger charge is -2.21. The zero-order valence-electron chi connectivity index (χ0n) is 13.1. The molecule has 5 nitrogen and oxygen atoms in total. The van der Waals surface area contributed by atoms with E-state index in [2.05, 4.69) is 26.5 Å². The third-order valence-corrected chi connectivity index (χ3v) is 4.59. The number of likely N-dealkylation sites (tertiary alicyclic amines) is 1. The Morgan fingerprint density at radius 1 is 1.24 bits per heavy atom. The topological polar surface area (TPSA) is 38.9 Å². The number of aromatic nitrogens is 4. The van der Waals surface area contributed by atoms with E-state index in [-0.39, 0.29) is 0 Å². The standard InChI is InChI=1S/C15H24ClN5/c1-11(9-20-6-4-5-7-20)10-21-13(8-16)17-14-12(2)18-19(3)15(14)21/h11H,4-10H2,1-3H3. The summed E-state index contributed by atoms with van der Waals surface area (Å²) in [4.78, 5) is 7.23. The summed E-state index contributed by atoms with van der Waals surface area (Å²) in [5.74, 6) is 1.98. The number of rotatable bonds is 5. The summed E-state index contributed by atoms with van der Waals surface area (Å²) < 4.78 is 4.18. The van der Waals surface area contributed by atoms with Gasteiger partial charge < -0.3 is 9.47 Å². The highest BCUT2D eigenvalue weighted by Gasteiger charge is 2.20. The zero-order valence-corrected chi connectivity index (χ0v) is 13.9. The summed E-state index contributed by atoms with van der Waals surface area (Å²) in [5.41, 5.74) is 3.06. The van der Waals surface area contributed by atoms with Crippen LogP contribution in [-0.2, 0) is 19.5 Å². The van der Waals surface area contributed by atoms with Crippen molar-refractivity contribution in [3.8, 4) is 0 Å². The first-order valence-corrected chi connectivity index (χ1v) is 8.30. The van der Waals surface area contributed by atoms with Gasteiger partial charge in [-0.1, -0.05) is 6.92 Å². The molecule has 0 amide bonds. The Kier molecular flexibility index (Phi) is 4.22. The molecule has 0 bridgehead atoms. The normalized spacial score (nSPS) is 17.9. The van der Waals surface area contributed by atoms with Crippen LogP contribution in [0.15, 0.2) is 0 Å². The van der Waals surface area contributed by atoms with Crippen molar-refractivity contribution in [3.05, 3.63) is 11.5 Å². The van der Waals surface area contributed by atoms with Crippen LogP contribution in [-0.4, -0.2) is 43.9 Å². The Balaban J connectivity index is 1.84. The molecule has 2 aromatic heterocycles. The second kappa shape index (κ2) is 5.97. The van der Waals surface area contributed by atoms with E-state index in [4.69, 9.17) is 11.6 Å². The summed E-state index contributed by atoms with van der Waals surface area (Å²) in [6.45, 7) is 8.91. The quantitative estimate of drug-likeness (QED) is 0.797. The Bertz CT molecular complexity index is 624. The number of halogens is 1. The zero-order chi connectivity index (χ0) is 15.0. The number of aryl methyl sites for hydroxylation is 2. The lowest BCUT2D eigenvalue weighted by molar-refractivity contribution is 0.271. The van der Waals surface area contributed by atoms with Crippen LogP contribution in [0, 0.1) is 12.8 Å². The van der Waals surface area contributed by atoms with Crippen molar-refractivity contribution in [2.45, 2.75) is 39.1 Å². The molecule has 1 saturated heterocycles. The van der Waals surface area contributed by atoms with E-state index >= 15 is 0 Å². The maximum atomic E-state index is 6.10. The van der Waals surface area contributed by atoms with Crippen LogP contribution < -0.4 is 0 Å². The van der Waals surface area contributed by atoms with E-state index in [0.29, 0.717) is 11.8 Å². The number of hydrogen-bond donors (Lipinski definition) is 0. The molecule has 21 heavy (non-hydrogen) atoms. The second-order valence-corrected chi connectivity index (χ2v) is 6.53. The van der Waals surface area contributed by atoms with Gasteiger partial charge in [-0.25, -0.2) is 4.98 Å². The molecule has 116 valence electrons. The molecule has 3 heterocycles. The highest BCUT2D eigenvalue weighted by atomic mass is 35.5. The Labute approximate surface area is 130 Å². The maximum absolute atomic E-state index is 6.10. The Morgan fingerprint density at radius 2 is 1.95 bits per heavy atom. The van der Waals surface area contributed by atoms with Crippen molar-refractivity contribution in [2.24, 2.45) is 13.0 Å². The first-order chi connectivity index (χ1) is 10.1. The average molecular weight is 310 g/mol. The van der Waals surface area contributed by atoms with Gasteiger partial charge in [0.1, 0.15) is 11.3 Å². The van der Waals surface area contributed by atoms with Crippen LogP contribution in [0.3, 0.4) is 0 Å². The molecule has 0 aromatic carbocycles. The van der Waals surface area contributed by atoms with E-state index in [1.54, 1.807) is 0 Å². The fourth-order valence-corrected chi connectivity index (χ4v) is 3.65. The molecule has 0 spiro atoms. The molecule has 0 aliphatic carbocycles. The van der Waals surface area contributed by atoms with Crippen molar-refractivity contribution in [3.63, 3.8) is 0 Å². The molecule has 0 N–H and O–H groups in total. The van der Waals surface area contributed by atoms with Crippen LogP contribution in [0.1, 0.15) is 31.3 Å². The van der Waals surface area contributed by atoms with Gasteiger partial charge in [-0.05, 0) is 38.8 Å². The van der Waals surface area contributed by atoms with Crippen LogP contribution >= 0.6 is 11.6 Å². The lowest BCUT2D eigenvalue weighted by atomic mass is 10.1. The van der Waals surface area contributed by atoms with Crippen molar-refractivity contribution in [1.29, 1.82) is 0 Å². The van der Waals surface area contributed by atoms with Gasteiger partial charge >= 0.3 is 0 Å². The highest BCUT2D eigenvalue weighted by molar-refractivity contribution is 6.16. The third-order valence-electron chi connectivity index (χ3n) is 4.35. The predicted molar refractivity (Wildman–Crippen MR) is 85.6 cm³/mol. The highest BCUT2D eigenvalue weighted by Crippen LogP contribution is 2.22. The Morgan fingerprint density at radius 3 is 2.62 bits per heavy atom. The smallest absolute Gasteiger partial charge is 0.158 e. The minimum Gasteiger partial charge on any atom is -0.312 e. The SMILES string of the molecule is Cc1nn(C)c2c1nc(CCl)n2CC(C)CN1CCCC1. The second-order valence-electron chi connectivity index (χ2n) is 6.27.